The lowest BCUT2D eigenvalue weighted by molar-refractivity contribution is -0.131. The lowest BCUT2D eigenvalue weighted by Crippen LogP contribution is -2.48. The zero-order valence-electron chi connectivity index (χ0n) is 19.8. The molecule has 1 amide bonds. The lowest BCUT2D eigenvalue weighted by Gasteiger charge is -2.21. The number of hydrogen-bond acceptors (Lipinski definition) is 4. The summed E-state index contributed by atoms with van der Waals surface area (Å²) in [6, 6.07) is -0.822. The minimum Gasteiger partial charge on any atom is -0.394 e. The molecule has 0 heterocycles. The van der Waals surface area contributed by atoms with Crippen LogP contribution in [0.5, 0.6) is 0 Å². The van der Waals surface area contributed by atoms with Crippen LogP contribution in [-0.4, -0.2) is 46.1 Å². The SMILES string of the molecule is CCCCC/C=C/CC/C=C/C(O)C(CO)NC(=O)C(O)CC/C=C\CCCCCC. The Morgan fingerprint density at radius 2 is 1.32 bits per heavy atom. The summed E-state index contributed by atoms with van der Waals surface area (Å²) in [5.41, 5.74) is 0. The van der Waals surface area contributed by atoms with Crippen molar-refractivity contribution in [1.82, 2.24) is 5.32 Å². The second kappa shape index (κ2) is 21.8. The first-order valence-corrected chi connectivity index (χ1v) is 12.3. The van der Waals surface area contributed by atoms with E-state index < -0.39 is 24.2 Å². The van der Waals surface area contributed by atoms with Gasteiger partial charge in [-0.05, 0) is 51.4 Å². The predicted molar refractivity (Wildman–Crippen MR) is 130 cm³/mol. The maximum absolute atomic E-state index is 12.1. The van der Waals surface area contributed by atoms with E-state index in [1.807, 2.05) is 12.2 Å². The van der Waals surface area contributed by atoms with Crippen LogP contribution < -0.4 is 5.32 Å². The van der Waals surface area contributed by atoms with Gasteiger partial charge in [-0.25, -0.2) is 0 Å². The van der Waals surface area contributed by atoms with Crippen molar-refractivity contribution in [3.05, 3.63) is 36.5 Å². The van der Waals surface area contributed by atoms with E-state index in [-0.39, 0.29) is 6.61 Å². The molecule has 0 saturated heterocycles. The highest BCUT2D eigenvalue weighted by molar-refractivity contribution is 5.80. The van der Waals surface area contributed by atoms with Gasteiger partial charge in [0.25, 0.3) is 0 Å². The van der Waals surface area contributed by atoms with Crippen LogP contribution >= 0.6 is 0 Å². The molecular weight excluding hydrogens is 390 g/mol. The molecule has 3 unspecified atom stereocenters. The summed E-state index contributed by atoms with van der Waals surface area (Å²) in [7, 11) is 0. The van der Waals surface area contributed by atoms with Crippen LogP contribution in [0.3, 0.4) is 0 Å². The van der Waals surface area contributed by atoms with Gasteiger partial charge in [0.1, 0.15) is 6.10 Å². The van der Waals surface area contributed by atoms with E-state index in [4.69, 9.17) is 0 Å². The Bertz CT molecular complexity index is 502. The minimum atomic E-state index is -1.15. The largest absolute Gasteiger partial charge is 0.394 e. The number of carbonyl (C=O) groups excluding carboxylic acids is 1. The number of aliphatic hydroxyl groups is 3. The Morgan fingerprint density at radius 1 is 0.774 bits per heavy atom. The van der Waals surface area contributed by atoms with Crippen LogP contribution in [0.4, 0.5) is 0 Å². The van der Waals surface area contributed by atoms with Crippen molar-refractivity contribution < 1.29 is 20.1 Å². The van der Waals surface area contributed by atoms with Crippen molar-refractivity contribution in [2.24, 2.45) is 0 Å². The molecule has 0 aromatic carbocycles. The summed E-state index contributed by atoms with van der Waals surface area (Å²) in [6.45, 7) is 3.99. The molecule has 0 aromatic heterocycles. The van der Waals surface area contributed by atoms with Gasteiger partial charge in [-0.3, -0.25) is 4.79 Å². The number of rotatable bonds is 20. The van der Waals surface area contributed by atoms with Gasteiger partial charge in [0.05, 0.1) is 18.8 Å². The maximum atomic E-state index is 12.1. The van der Waals surface area contributed by atoms with Gasteiger partial charge in [-0.1, -0.05) is 82.4 Å². The van der Waals surface area contributed by atoms with Crippen LogP contribution in [0.25, 0.3) is 0 Å². The van der Waals surface area contributed by atoms with Gasteiger partial charge in [-0.15, -0.1) is 0 Å². The van der Waals surface area contributed by atoms with Gasteiger partial charge in [0.15, 0.2) is 0 Å². The number of nitrogens with one attached hydrogen (secondary N) is 1. The molecule has 4 N–H and O–H groups in total. The Kier molecular flexibility index (Phi) is 20.8. The molecule has 0 radical (unpaired) electrons. The number of aliphatic hydroxyl groups excluding tert-OH is 3. The molecule has 5 nitrogen and oxygen atoms in total. The number of carbonyl (C=O) groups is 1. The van der Waals surface area contributed by atoms with Crippen LogP contribution in [0.1, 0.15) is 97.3 Å². The fourth-order valence-corrected chi connectivity index (χ4v) is 3.14. The van der Waals surface area contributed by atoms with Gasteiger partial charge in [-0.2, -0.15) is 0 Å². The van der Waals surface area contributed by atoms with Gasteiger partial charge in [0.2, 0.25) is 5.91 Å². The minimum absolute atomic E-state index is 0.325. The lowest BCUT2D eigenvalue weighted by atomic mass is 10.1. The highest BCUT2D eigenvalue weighted by Crippen LogP contribution is 2.06. The highest BCUT2D eigenvalue weighted by Gasteiger charge is 2.22. The molecule has 0 fully saturated rings. The van der Waals surface area contributed by atoms with Crippen LogP contribution in [0, 0.1) is 0 Å². The first-order valence-electron chi connectivity index (χ1n) is 12.3. The highest BCUT2D eigenvalue weighted by atomic mass is 16.3. The van der Waals surface area contributed by atoms with Crippen LogP contribution in [-0.2, 0) is 4.79 Å². The maximum Gasteiger partial charge on any atom is 0.249 e. The van der Waals surface area contributed by atoms with Crippen LogP contribution in [0.2, 0.25) is 0 Å². The van der Waals surface area contributed by atoms with E-state index in [0.717, 1.165) is 25.7 Å². The summed E-state index contributed by atoms with van der Waals surface area (Å²) in [5.74, 6) is -0.558. The average molecular weight is 438 g/mol. The first kappa shape index (κ1) is 29.6. The Balaban J connectivity index is 4.09. The summed E-state index contributed by atoms with van der Waals surface area (Å²) in [6.07, 6.45) is 23.1. The van der Waals surface area contributed by atoms with Crippen molar-refractivity contribution in [3.8, 4) is 0 Å². The number of unbranched alkanes of at least 4 members (excludes halogenated alkanes) is 8. The van der Waals surface area contributed by atoms with E-state index in [1.54, 1.807) is 6.08 Å². The topological polar surface area (TPSA) is 89.8 Å². The second-order valence-electron chi connectivity index (χ2n) is 8.17. The fourth-order valence-electron chi connectivity index (χ4n) is 3.14. The first-order chi connectivity index (χ1) is 15.1. The van der Waals surface area contributed by atoms with Gasteiger partial charge >= 0.3 is 0 Å². The Labute approximate surface area is 190 Å². The monoisotopic (exact) mass is 437 g/mol. The summed E-state index contributed by atoms with van der Waals surface area (Å²) in [4.78, 5) is 12.1. The molecule has 0 aliphatic rings. The molecule has 0 aliphatic carbocycles. The van der Waals surface area contributed by atoms with Crippen molar-refractivity contribution in [1.29, 1.82) is 0 Å². The third-order valence-electron chi connectivity index (χ3n) is 5.21. The smallest absolute Gasteiger partial charge is 0.249 e. The molecule has 3 atom stereocenters. The van der Waals surface area contributed by atoms with Crippen LogP contribution in [0.15, 0.2) is 36.5 Å². The van der Waals surface area contributed by atoms with E-state index >= 15 is 0 Å². The fraction of sp³-hybridized carbons (Fsp3) is 0.731. The van der Waals surface area contributed by atoms with Gasteiger partial charge in [0, 0.05) is 0 Å². The third kappa shape index (κ3) is 17.9. The molecule has 31 heavy (non-hydrogen) atoms. The summed E-state index contributed by atoms with van der Waals surface area (Å²) in [5, 5.41) is 32.3. The number of allylic oxidation sites excluding steroid dienone is 5. The molecule has 0 spiro atoms. The van der Waals surface area contributed by atoms with Gasteiger partial charge < -0.3 is 20.6 Å². The summed E-state index contributed by atoms with van der Waals surface area (Å²) < 4.78 is 0. The second-order valence-corrected chi connectivity index (χ2v) is 8.17. The molecular formula is C26H47NO4. The van der Waals surface area contributed by atoms with E-state index in [1.165, 1.54) is 44.9 Å². The van der Waals surface area contributed by atoms with E-state index in [0.29, 0.717) is 12.8 Å². The standard InChI is InChI=1S/C26H47NO4/c1-3-5-7-9-11-13-15-16-18-20-24(29)23(22-28)27-26(31)25(30)21-19-17-14-12-10-8-6-4-2/h11,13-14,17-18,20,23-25,28-30H,3-10,12,15-16,19,21-22H2,1-2H3,(H,27,31)/b13-11+,17-14-,20-18+. The molecule has 0 aromatic rings. The predicted octanol–water partition coefficient (Wildman–Crippen LogP) is 4.97. The molecule has 0 bridgehead atoms. The molecule has 180 valence electrons. The quantitative estimate of drug-likeness (QED) is 0.160. The third-order valence-corrected chi connectivity index (χ3v) is 5.21. The Morgan fingerprint density at radius 3 is 1.97 bits per heavy atom. The molecule has 0 rings (SSSR count). The van der Waals surface area contributed by atoms with Crippen molar-refractivity contribution in [3.63, 3.8) is 0 Å². The van der Waals surface area contributed by atoms with E-state index in [2.05, 4.69) is 37.4 Å². The van der Waals surface area contributed by atoms with Crippen molar-refractivity contribution in [2.75, 3.05) is 6.61 Å². The average Bonchev–Trinajstić information content (AvgIpc) is 2.77. The molecule has 0 aliphatic heterocycles. The summed E-state index contributed by atoms with van der Waals surface area (Å²) >= 11 is 0. The number of hydrogen-bond donors (Lipinski definition) is 4. The molecule has 0 saturated carbocycles. The number of amides is 1. The zero-order chi connectivity index (χ0) is 23.2. The van der Waals surface area contributed by atoms with Crippen molar-refractivity contribution >= 4 is 5.91 Å². The van der Waals surface area contributed by atoms with E-state index in [9.17, 15) is 20.1 Å². The molecule has 5 heteroatoms. The zero-order valence-corrected chi connectivity index (χ0v) is 19.8. The Hall–Kier alpha value is -1.43. The normalized spacial score (nSPS) is 15.1. The van der Waals surface area contributed by atoms with Crippen molar-refractivity contribution in [2.45, 2.75) is 116 Å².